The largest absolute Gasteiger partial charge is 0.508 e. The molecule has 1 amide bonds. The van der Waals surface area contributed by atoms with E-state index in [2.05, 4.69) is 27.2 Å². The second-order valence-electron chi connectivity index (χ2n) is 5.42. The Balaban J connectivity index is 2.32. The highest BCUT2D eigenvalue weighted by Crippen LogP contribution is 2.35. The average molecular weight is 441 g/mol. The number of carbonyl (C=O) groups excluding carboxylic acids is 1. The van der Waals surface area contributed by atoms with Crippen LogP contribution < -0.4 is 14.8 Å². The molecule has 0 aliphatic carbocycles. The predicted molar refractivity (Wildman–Crippen MR) is 110 cm³/mol. The van der Waals surface area contributed by atoms with E-state index in [1.165, 1.54) is 30.3 Å². The van der Waals surface area contributed by atoms with Crippen molar-refractivity contribution in [2.24, 2.45) is 0 Å². The van der Waals surface area contributed by atoms with Crippen molar-refractivity contribution in [1.29, 1.82) is 5.26 Å². The van der Waals surface area contributed by atoms with E-state index in [0.717, 1.165) is 0 Å². The summed E-state index contributed by atoms with van der Waals surface area (Å²) in [6.45, 7) is 2.32. The van der Waals surface area contributed by atoms with Crippen molar-refractivity contribution in [1.82, 2.24) is 0 Å². The zero-order valence-electron chi connectivity index (χ0n) is 15.0. The molecule has 0 saturated heterocycles. The number of hydrogen-bond acceptors (Lipinski definition) is 5. The third-order valence-corrected chi connectivity index (χ3v) is 4.15. The number of nitriles is 1. The van der Waals surface area contributed by atoms with Crippen LogP contribution in [0.2, 0.25) is 0 Å². The summed E-state index contributed by atoms with van der Waals surface area (Å²) in [7, 11) is 0. The van der Waals surface area contributed by atoms with Crippen LogP contribution in [0.4, 0.5) is 5.69 Å². The van der Waals surface area contributed by atoms with Crippen LogP contribution in [-0.2, 0) is 4.79 Å². The van der Waals surface area contributed by atoms with Gasteiger partial charge in [0.2, 0.25) is 0 Å². The molecule has 2 aromatic carbocycles. The van der Waals surface area contributed by atoms with Crippen LogP contribution in [0.5, 0.6) is 17.2 Å². The fraction of sp³-hybridized carbons (Fsp3) is 0.143. The summed E-state index contributed by atoms with van der Waals surface area (Å²) in [6, 6.07) is 11.1. The average Bonchev–Trinajstić information content (AvgIpc) is 2.68. The monoisotopic (exact) mass is 440 g/mol. The third kappa shape index (κ3) is 5.54. The fourth-order valence-corrected chi connectivity index (χ4v) is 2.65. The lowest BCUT2D eigenvalue weighted by Crippen LogP contribution is -2.13. The number of halogens is 1. The van der Waals surface area contributed by atoms with Gasteiger partial charge in [-0.15, -0.1) is 6.42 Å². The van der Waals surface area contributed by atoms with Gasteiger partial charge in [-0.1, -0.05) is 21.9 Å². The van der Waals surface area contributed by atoms with Crippen LogP contribution in [-0.4, -0.2) is 24.2 Å². The lowest BCUT2D eigenvalue weighted by molar-refractivity contribution is -0.112. The van der Waals surface area contributed by atoms with Gasteiger partial charge in [-0.2, -0.15) is 5.26 Å². The number of terminal acetylenes is 1. The van der Waals surface area contributed by atoms with E-state index in [0.29, 0.717) is 33.8 Å². The maximum atomic E-state index is 12.4. The van der Waals surface area contributed by atoms with Crippen molar-refractivity contribution >= 4 is 33.6 Å². The number of rotatable bonds is 7. The van der Waals surface area contributed by atoms with Gasteiger partial charge in [0.25, 0.3) is 5.91 Å². The Morgan fingerprint density at radius 3 is 2.57 bits per heavy atom. The van der Waals surface area contributed by atoms with E-state index in [1.807, 2.05) is 13.0 Å². The highest BCUT2D eigenvalue weighted by Gasteiger charge is 2.14. The number of nitrogens with zero attached hydrogens (tertiary/aromatic N) is 1. The summed E-state index contributed by atoms with van der Waals surface area (Å²) < 4.78 is 11.6. The van der Waals surface area contributed by atoms with E-state index < -0.39 is 5.91 Å². The van der Waals surface area contributed by atoms with E-state index in [9.17, 15) is 15.2 Å². The van der Waals surface area contributed by atoms with Crippen LogP contribution in [0.25, 0.3) is 6.08 Å². The van der Waals surface area contributed by atoms with Gasteiger partial charge in [0.05, 0.1) is 6.61 Å². The number of hydrogen-bond donors (Lipinski definition) is 2. The van der Waals surface area contributed by atoms with Crippen molar-refractivity contribution in [3.63, 3.8) is 0 Å². The Morgan fingerprint density at radius 2 is 1.96 bits per heavy atom. The Hall–Kier alpha value is -3.42. The molecule has 0 atom stereocenters. The Kier molecular flexibility index (Phi) is 7.50. The minimum atomic E-state index is -0.578. The first kappa shape index (κ1) is 20.9. The van der Waals surface area contributed by atoms with Gasteiger partial charge in [0.1, 0.15) is 24.0 Å². The van der Waals surface area contributed by atoms with E-state index >= 15 is 0 Å². The van der Waals surface area contributed by atoms with Crippen LogP contribution >= 0.6 is 15.9 Å². The number of phenols is 1. The van der Waals surface area contributed by atoms with Gasteiger partial charge in [0, 0.05) is 10.2 Å². The molecule has 0 saturated carbocycles. The van der Waals surface area contributed by atoms with Gasteiger partial charge < -0.3 is 19.9 Å². The van der Waals surface area contributed by atoms with Gasteiger partial charge in [-0.25, -0.2) is 0 Å². The SMILES string of the molecule is C#CCOc1cc(Br)c(/C=C(\C#N)C(=O)Nc2ccc(O)cc2)cc1OCC. The summed E-state index contributed by atoms with van der Waals surface area (Å²) in [5.74, 6) is 2.79. The number of aromatic hydroxyl groups is 1. The van der Waals surface area contributed by atoms with Crippen LogP contribution in [0.1, 0.15) is 12.5 Å². The molecule has 6 nitrogen and oxygen atoms in total. The van der Waals surface area contributed by atoms with E-state index in [4.69, 9.17) is 15.9 Å². The molecule has 0 aromatic heterocycles. The first-order valence-electron chi connectivity index (χ1n) is 8.23. The zero-order valence-corrected chi connectivity index (χ0v) is 16.6. The molecule has 0 fully saturated rings. The summed E-state index contributed by atoms with van der Waals surface area (Å²) in [6.07, 6.45) is 6.66. The van der Waals surface area contributed by atoms with Crippen LogP contribution in [0, 0.1) is 23.7 Å². The number of anilines is 1. The molecule has 142 valence electrons. The molecule has 2 aromatic rings. The molecule has 0 aliphatic heterocycles. The first-order valence-corrected chi connectivity index (χ1v) is 9.02. The topological polar surface area (TPSA) is 91.6 Å². The molecule has 0 radical (unpaired) electrons. The minimum Gasteiger partial charge on any atom is -0.508 e. The molecule has 7 heteroatoms. The summed E-state index contributed by atoms with van der Waals surface area (Å²) in [5.41, 5.74) is 0.915. The van der Waals surface area contributed by atoms with Crippen molar-refractivity contribution in [3.8, 4) is 35.7 Å². The van der Waals surface area contributed by atoms with Gasteiger partial charge in [-0.3, -0.25) is 4.79 Å². The molecule has 0 aliphatic rings. The third-order valence-electron chi connectivity index (χ3n) is 3.46. The highest BCUT2D eigenvalue weighted by atomic mass is 79.9. The fourth-order valence-electron chi connectivity index (χ4n) is 2.21. The number of benzene rings is 2. The second-order valence-corrected chi connectivity index (χ2v) is 6.27. The minimum absolute atomic E-state index is 0.0774. The van der Waals surface area contributed by atoms with E-state index in [1.54, 1.807) is 12.1 Å². The number of amides is 1. The smallest absolute Gasteiger partial charge is 0.266 e. The van der Waals surface area contributed by atoms with Crippen molar-refractivity contribution in [3.05, 3.63) is 52.0 Å². The van der Waals surface area contributed by atoms with Crippen molar-refractivity contribution < 1.29 is 19.4 Å². The lowest BCUT2D eigenvalue weighted by atomic mass is 10.1. The normalized spacial score (nSPS) is 10.5. The Bertz CT molecular complexity index is 970. The Labute approximate surface area is 171 Å². The summed E-state index contributed by atoms with van der Waals surface area (Å²) in [5, 5.41) is 21.3. The van der Waals surface area contributed by atoms with Crippen molar-refractivity contribution in [2.45, 2.75) is 6.92 Å². The lowest BCUT2D eigenvalue weighted by Gasteiger charge is -2.13. The quantitative estimate of drug-likeness (QED) is 0.292. The summed E-state index contributed by atoms with van der Waals surface area (Å²) in [4.78, 5) is 12.4. The van der Waals surface area contributed by atoms with Crippen LogP contribution in [0.3, 0.4) is 0 Å². The van der Waals surface area contributed by atoms with Crippen molar-refractivity contribution in [2.75, 3.05) is 18.5 Å². The number of ether oxygens (including phenoxy) is 2. The van der Waals surface area contributed by atoms with E-state index in [-0.39, 0.29) is 17.9 Å². The number of carbonyl (C=O) groups is 1. The van der Waals surface area contributed by atoms with Crippen LogP contribution in [0.15, 0.2) is 46.4 Å². The summed E-state index contributed by atoms with van der Waals surface area (Å²) >= 11 is 3.41. The zero-order chi connectivity index (χ0) is 20.5. The molecule has 0 heterocycles. The molecular weight excluding hydrogens is 424 g/mol. The molecule has 2 N–H and O–H groups in total. The molecule has 0 spiro atoms. The number of phenolic OH excluding ortho intramolecular Hbond substituents is 1. The first-order chi connectivity index (χ1) is 13.5. The van der Waals surface area contributed by atoms with Gasteiger partial charge in [0.15, 0.2) is 11.5 Å². The predicted octanol–water partition coefficient (Wildman–Crippen LogP) is 4.11. The standard InChI is InChI=1S/C21H17BrN2O4/c1-3-9-28-20-12-18(22)14(11-19(20)27-4-2)10-15(13-23)21(26)24-16-5-7-17(25)8-6-16/h1,5-8,10-12,25H,4,9H2,2H3,(H,24,26)/b15-10+. The van der Waals surface area contributed by atoms with Gasteiger partial charge in [-0.05, 0) is 55.0 Å². The second kappa shape index (κ2) is 10.1. The number of nitrogens with one attached hydrogen (secondary N) is 1. The molecule has 0 unspecified atom stereocenters. The van der Waals surface area contributed by atoms with Gasteiger partial charge >= 0.3 is 0 Å². The Morgan fingerprint density at radius 1 is 1.29 bits per heavy atom. The highest BCUT2D eigenvalue weighted by molar-refractivity contribution is 9.10. The maximum absolute atomic E-state index is 12.4. The molecular formula is C21H17BrN2O4. The molecule has 28 heavy (non-hydrogen) atoms. The maximum Gasteiger partial charge on any atom is 0.266 e. The molecule has 2 rings (SSSR count). The molecule has 0 bridgehead atoms.